The van der Waals surface area contributed by atoms with E-state index in [1.165, 1.54) is 0 Å². The minimum Gasteiger partial charge on any atom is -0.383 e. The van der Waals surface area contributed by atoms with Crippen molar-refractivity contribution in [1.29, 1.82) is 0 Å². The fraction of sp³-hybridized carbons (Fsp3) is 0.182. The second kappa shape index (κ2) is 4.14. The average molecular weight is 217 g/mol. The Morgan fingerprint density at radius 1 is 1.25 bits per heavy atom. The first kappa shape index (κ1) is 10.4. The fourth-order valence-corrected chi connectivity index (χ4v) is 1.49. The van der Waals surface area contributed by atoms with E-state index in [4.69, 9.17) is 0 Å². The Labute approximate surface area is 91.8 Å². The van der Waals surface area contributed by atoms with Gasteiger partial charge in [-0.05, 0) is 11.6 Å². The van der Waals surface area contributed by atoms with Crippen LogP contribution in [-0.2, 0) is 6.54 Å². The summed E-state index contributed by atoms with van der Waals surface area (Å²) in [4.78, 5) is 26.3. The maximum absolute atomic E-state index is 11.2. The van der Waals surface area contributed by atoms with Crippen molar-refractivity contribution in [2.24, 2.45) is 0 Å². The Hall–Kier alpha value is -2.17. The lowest BCUT2D eigenvalue weighted by Gasteiger charge is -2.12. The molecule has 0 radical (unpaired) electrons. The summed E-state index contributed by atoms with van der Waals surface area (Å²) in [6, 6.07) is 3.71. The number of rotatable bonds is 4. The molecule has 0 saturated heterocycles. The highest BCUT2D eigenvalue weighted by molar-refractivity contribution is 5.73. The number of aromatic nitrogens is 1. The van der Waals surface area contributed by atoms with Gasteiger partial charge in [-0.15, -0.1) is 0 Å². The third-order valence-electron chi connectivity index (χ3n) is 2.35. The Balaban J connectivity index is 2.09. The van der Waals surface area contributed by atoms with Gasteiger partial charge in [0.2, 0.25) is 0 Å². The van der Waals surface area contributed by atoms with Gasteiger partial charge in [-0.2, -0.15) is 0 Å². The molecule has 1 aromatic heterocycles. The summed E-state index contributed by atoms with van der Waals surface area (Å²) in [5.41, 5.74) is 0.743. The van der Waals surface area contributed by atoms with E-state index < -0.39 is 10.9 Å². The summed E-state index contributed by atoms with van der Waals surface area (Å²) < 4.78 is 0. The lowest BCUT2D eigenvalue weighted by atomic mass is 10.2. The first-order valence-electron chi connectivity index (χ1n) is 4.88. The molecular weight excluding hydrogens is 206 g/mol. The predicted octanol–water partition coefficient (Wildman–Crippen LogP) is 0.331. The van der Waals surface area contributed by atoms with E-state index in [1.54, 1.807) is 19.4 Å². The largest absolute Gasteiger partial charge is 0.383 e. The van der Waals surface area contributed by atoms with E-state index in [2.05, 4.69) is 15.6 Å². The lowest BCUT2D eigenvalue weighted by Crippen LogP contribution is -2.36. The highest BCUT2D eigenvalue weighted by Gasteiger charge is 2.18. The molecule has 0 bridgehead atoms. The van der Waals surface area contributed by atoms with Gasteiger partial charge < -0.3 is 10.6 Å². The Kier molecular flexibility index (Phi) is 2.68. The Morgan fingerprint density at radius 3 is 2.62 bits per heavy atom. The molecule has 5 heteroatoms. The molecule has 0 fully saturated rings. The van der Waals surface area contributed by atoms with Gasteiger partial charge in [0.05, 0.1) is 0 Å². The molecule has 2 aromatic rings. The zero-order chi connectivity index (χ0) is 11.5. The van der Waals surface area contributed by atoms with Crippen molar-refractivity contribution in [3.05, 3.63) is 50.5 Å². The zero-order valence-corrected chi connectivity index (χ0v) is 8.78. The third-order valence-corrected chi connectivity index (χ3v) is 2.35. The van der Waals surface area contributed by atoms with Gasteiger partial charge >= 0.3 is 0 Å². The van der Waals surface area contributed by atoms with Crippen molar-refractivity contribution in [1.82, 2.24) is 4.98 Å². The van der Waals surface area contributed by atoms with E-state index in [0.29, 0.717) is 17.9 Å². The average Bonchev–Trinajstić information content (AvgIpc) is 2.34. The molecule has 0 aliphatic carbocycles. The second-order valence-electron chi connectivity index (χ2n) is 3.37. The quantitative estimate of drug-likeness (QED) is 0.722. The summed E-state index contributed by atoms with van der Waals surface area (Å²) in [6.45, 7) is 0.480. The standard InChI is InChI=1S/C11H11N3O2/c1-12-8-9(11(16)10(8)15)14-6-7-3-2-4-13-5-7/h2-5,12,14H,6H2,1H3. The number of pyridine rings is 1. The Bertz CT molecular complexity index is 556. The van der Waals surface area contributed by atoms with Crippen LogP contribution in [0.1, 0.15) is 5.56 Å². The first-order chi connectivity index (χ1) is 7.74. The summed E-state index contributed by atoms with van der Waals surface area (Å²) in [7, 11) is 1.62. The van der Waals surface area contributed by atoms with Gasteiger partial charge in [0, 0.05) is 26.0 Å². The highest BCUT2D eigenvalue weighted by Crippen LogP contribution is 2.14. The molecule has 0 aliphatic heterocycles. The molecule has 1 aromatic carbocycles. The molecule has 2 rings (SSSR count). The van der Waals surface area contributed by atoms with Gasteiger partial charge in [0.1, 0.15) is 11.4 Å². The third kappa shape index (κ3) is 1.67. The zero-order valence-electron chi connectivity index (χ0n) is 8.78. The van der Waals surface area contributed by atoms with Crippen LogP contribution >= 0.6 is 0 Å². The molecule has 16 heavy (non-hydrogen) atoms. The molecular formula is C11H11N3O2. The van der Waals surface area contributed by atoms with Crippen molar-refractivity contribution >= 4 is 11.4 Å². The van der Waals surface area contributed by atoms with Crippen LogP contribution in [-0.4, -0.2) is 12.0 Å². The monoisotopic (exact) mass is 217 g/mol. The van der Waals surface area contributed by atoms with Crippen molar-refractivity contribution in [2.45, 2.75) is 6.54 Å². The number of hydrogen-bond acceptors (Lipinski definition) is 5. The summed E-state index contributed by atoms with van der Waals surface area (Å²) >= 11 is 0. The van der Waals surface area contributed by atoms with Gasteiger partial charge in [-0.25, -0.2) is 0 Å². The van der Waals surface area contributed by atoms with Crippen LogP contribution in [0.3, 0.4) is 0 Å². The maximum Gasteiger partial charge on any atom is 0.253 e. The minimum absolute atomic E-state index is 0.355. The lowest BCUT2D eigenvalue weighted by molar-refractivity contribution is 1.10. The van der Waals surface area contributed by atoms with Crippen LogP contribution in [0.2, 0.25) is 0 Å². The summed E-state index contributed by atoms with van der Waals surface area (Å²) in [6.07, 6.45) is 3.39. The molecule has 0 amide bonds. The number of nitrogens with one attached hydrogen (secondary N) is 2. The molecule has 0 saturated carbocycles. The minimum atomic E-state index is -0.465. The van der Waals surface area contributed by atoms with Crippen LogP contribution in [0.4, 0.5) is 11.4 Å². The van der Waals surface area contributed by atoms with Crippen molar-refractivity contribution in [3.8, 4) is 0 Å². The second-order valence-corrected chi connectivity index (χ2v) is 3.37. The number of nitrogens with zero attached hydrogens (tertiary/aromatic N) is 1. The number of hydrogen-bond donors (Lipinski definition) is 2. The van der Waals surface area contributed by atoms with Gasteiger partial charge in [0.15, 0.2) is 0 Å². The number of anilines is 2. The molecule has 0 aliphatic rings. The molecule has 0 spiro atoms. The fourth-order valence-electron chi connectivity index (χ4n) is 1.49. The highest BCUT2D eigenvalue weighted by atomic mass is 16.2. The molecule has 2 N–H and O–H groups in total. The Morgan fingerprint density at radius 2 is 2.00 bits per heavy atom. The molecule has 82 valence electrons. The van der Waals surface area contributed by atoms with Gasteiger partial charge in [-0.1, -0.05) is 6.07 Å². The maximum atomic E-state index is 11.2. The normalized spacial score (nSPS) is 10.3. The molecule has 0 unspecified atom stereocenters. The summed E-state index contributed by atoms with van der Waals surface area (Å²) in [5.74, 6) is 0. The van der Waals surface area contributed by atoms with E-state index in [9.17, 15) is 9.59 Å². The van der Waals surface area contributed by atoms with Crippen LogP contribution in [0, 0.1) is 0 Å². The van der Waals surface area contributed by atoms with Crippen molar-refractivity contribution < 1.29 is 0 Å². The van der Waals surface area contributed by atoms with Crippen molar-refractivity contribution in [2.75, 3.05) is 17.7 Å². The van der Waals surface area contributed by atoms with Crippen LogP contribution in [0.15, 0.2) is 34.1 Å². The predicted molar refractivity (Wildman–Crippen MR) is 62.5 cm³/mol. The molecule has 0 atom stereocenters. The van der Waals surface area contributed by atoms with Gasteiger partial charge in [-0.3, -0.25) is 14.6 Å². The van der Waals surface area contributed by atoms with Crippen LogP contribution in [0.25, 0.3) is 0 Å². The summed E-state index contributed by atoms with van der Waals surface area (Å²) in [5, 5.41) is 5.62. The van der Waals surface area contributed by atoms with Crippen LogP contribution < -0.4 is 21.5 Å². The van der Waals surface area contributed by atoms with E-state index in [0.717, 1.165) is 5.56 Å². The first-order valence-corrected chi connectivity index (χ1v) is 4.88. The SMILES string of the molecule is CNc1c(NCc2cccnc2)c(=O)c1=O. The van der Waals surface area contributed by atoms with E-state index in [1.807, 2.05) is 12.1 Å². The van der Waals surface area contributed by atoms with E-state index in [-0.39, 0.29) is 0 Å². The van der Waals surface area contributed by atoms with E-state index >= 15 is 0 Å². The van der Waals surface area contributed by atoms with Crippen LogP contribution in [0.5, 0.6) is 0 Å². The smallest absolute Gasteiger partial charge is 0.253 e. The molecule has 1 heterocycles. The topological polar surface area (TPSA) is 71.1 Å². The van der Waals surface area contributed by atoms with Crippen molar-refractivity contribution in [3.63, 3.8) is 0 Å². The van der Waals surface area contributed by atoms with Gasteiger partial charge in [0.25, 0.3) is 10.9 Å². The molecule has 5 nitrogen and oxygen atoms in total.